The summed E-state index contributed by atoms with van der Waals surface area (Å²) in [5, 5.41) is 11.0. The fourth-order valence-corrected chi connectivity index (χ4v) is 4.85. The largest absolute Gasteiger partial charge is 0.467 e. The summed E-state index contributed by atoms with van der Waals surface area (Å²) in [5.74, 6) is 1.97. The zero-order chi connectivity index (χ0) is 22.8. The van der Waals surface area contributed by atoms with E-state index in [4.69, 9.17) is 20.4 Å². The highest BCUT2D eigenvalue weighted by Crippen LogP contribution is 2.31. The molecule has 0 aliphatic rings. The van der Waals surface area contributed by atoms with Crippen molar-refractivity contribution in [1.82, 2.24) is 19.7 Å². The van der Waals surface area contributed by atoms with Gasteiger partial charge in [0.2, 0.25) is 0 Å². The lowest BCUT2D eigenvalue weighted by Crippen LogP contribution is -2.04. The second-order valence-corrected chi connectivity index (χ2v) is 8.74. The van der Waals surface area contributed by atoms with Gasteiger partial charge < -0.3 is 8.83 Å². The first-order valence-corrected chi connectivity index (χ1v) is 11.7. The lowest BCUT2D eigenvalue weighted by atomic mass is 10.1. The zero-order valence-corrected chi connectivity index (χ0v) is 19.3. The molecule has 33 heavy (non-hydrogen) atoms. The highest BCUT2D eigenvalue weighted by Gasteiger charge is 2.17. The van der Waals surface area contributed by atoms with Crippen LogP contribution in [0, 0.1) is 0 Å². The van der Waals surface area contributed by atoms with E-state index >= 15 is 0 Å². The quantitative estimate of drug-likeness (QED) is 0.222. The molecule has 0 N–H and O–H groups in total. The number of benzene rings is 1. The van der Waals surface area contributed by atoms with Gasteiger partial charge in [0.15, 0.2) is 11.0 Å². The molecule has 4 aromatic heterocycles. The van der Waals surface area contributed by atoms with Gasteiger partial charge in [0, 0.05) is 40.2 Å². The summed E-state index contributed by atoms with van der Waals surface area (Å²) in [6.45, 7) is 2.48. The number of thioether (sulfide) groups is 1. The molecule has 0 atom stereocenters. The number of rotatable bonds is 7. The molecule has 0 unspecified atom stereocenters. The Morgan fingerprint density at radius 2 is 2.03 bits per heavy atom. The zero-order valence-electron chi connectivity index (χ0n) is 17.7. The summed E-state index contributed by atoms with van der Waals surface area (Å²) in [5.41, 5.74) is 2.76. The summed E-state index contributed by atoms with van der Waals surface area (Å²) in [7, 11) is 0. The van der Waals surface area contributed by atoms with Crippen LogP contribution in [0.2, 0.25) is 5.02 Å². The fourth-order valence-electron chi connectivity index (χ4n) is 3.63. The first-order valence-electron chi connectivity index (χ1n) is 10.4. The van der Waals surface area contributed by atoms with Crippen LogP contribution in [-0.4, -0.2) is 19.7 Å². The maximum atomic E-state index is 12.2. The number of hydrogen-bond acceptors (Lipinski definition) is 7. The highest BCUT2D eigenvalue weighted by molar-refractivity contribution is 7.98. The Balaban J connectivity index is 1.51. The molecule has 0 amide bonds. The Kier molecular flexibility index (Phi) is 6.02. The van der Waals surface area contributed by atoms with E-state index in [-0.39, 0.29) is 0 Å². The molecule has 0 aliphatic heterocycles. The lowest BCUT2D eigenvalue weighted by Gasteiger charge is -2.10. The minimum atomic E-state index is -0.393. The van der Waals surface area contributed by atoms with Crippen molar-refractivity contribution >= 4 is 34.3 Å². The molecule has 5 rings (SSSR count). The number of aryl methyl sites for hydroxylation is 1. The molecule has 0 fully saturated rings. The van der Waals surface area contributed by atoms with Gasteiger partial charge in [-0.25, -0.2) is 4.79 Å². The van der Waals surface area contributed by atoms with Crippen LogP contribution in [0.4, 0.5) is 0 Å². The van der Waals surface area contributed by atoms with E-state index in [1.165, 1.54) is 17.8 Å². The Morgan fingerprint density at radius 1 is 1.12 bits per heavy atom. The van der Waals surface area contributed by atoms with Crippen molar-refractivity contribution in [3.63, 3.8) is 0 Å². The Hall–Kier alpha value is -3.36. The van der Waals surface area contributed by atoms with E-state index < -0.39 is 5.63 Å². The summed E-state index contributed by atoms with van der Waals surface area (Å²) in [4.78, 5) is 16.4. The molecule has 0 aliphatic carbocycles. The summed E-state index contributed by atoms with van der Waals surface area (Å²) in [6.07, 6.45) is 5.86. The Morgan fingerprint density at radius 3 is 2.79 bits per heavy atom. The Bertz CT molecular complexity index is 1460. The van der Waals surface area contributed by atoms with Crippen molar-refractivity contribution in [3.05, 3.63) is 93.5 Å². The van der Waals surface area contributed by atoms with Gasteiger partial charge in [0.05, 0.1) is 12.8 Å². The average Bonchev–Trinajstić information content (AvgIpc) is 3.48. The van der Waals surface area contributed by atoms with Crippen LogP contribution in [0.1, 0.15) is 23.8 Å². The molecule has 9 heteroatoms. The molecule has 0 saturated carbocycles. The van der Waals surface area contributed by atoms with Crippen molar-refractivity contribution in [2.75, 3.05) is 0 Å². The number of nitrogens with zero attached hydrogens (tertiary/aromatic N) is 4. The molecule has 1 aromatic carbocycles. The van der Waals surface area contributed by atoms with Crippen molar-refractivity contribution in [1.29, 1.82) is 0 Å². The third kappa shape index (κ3) is 4.44. The molecular formula is C24H19ClN4O3S. The van der Waals surface area contributed by atoms with Crippen LogP contribution in [0.3, 0.4) is 0 Å². The molecule has 166 valence electrons. The van der Waals surface area contributed by atoms with Crippen LogP contribution >= 0.6 is 23.4 Å². The number of furan rings is 1. The van der Waals surface area contributed by atoms with Crippen LogP contribution in [0.5, 0.6) is 0 Å². The average molecular weight is 479 g/mol. The van der Waals surface area contributed by atoms with Gasteiger partial charge in [-0.2, -0.15) is 0 Å². The SMILES string of the molecule is CCc1cc2oc(=O)cc(CSc3nnc(-c4cccnc4)n3Cc3ccco3)c2cc1Cl. The van der Waals surface area contributed by atoms with E-state index in [1.54, 1.807) is 18.7 Å². The van der Waals surface area contributed by atoms with Gasteiger partial charge in [0.1, 0.15) is 11.3 Å². The van der Waals surface area contributed by atoms with E-state index in [1.807, 2.05) is 47.9 Å². The number of aromatic nitrogens is 4. The molecule has 0 saturated heterocycles. The fraction of sp³-hybridized carbons (Fsp3) is 0.167. The van der Waals surface area contributed by atoms with E-state index in [2.05, 4.69) is 15.2 Å². The van der Waals surface area contributed by atoms with E-state index in [0.717, 1.165) is 34.3 Å². The van der Waals surface area contributed by atoms with Crippen LogP contribution < -0.4 is 5.63 Å². The van der Waals surface area contributed by atoms with Crippen LogP contribution in [-0.2, 0) is 18.7 Å². The molecule has 5 aromatic rings. The third-order valence-electron chi connectivity index (χ3n) is 5.27. The molecule has 4 heterocycles. The topological polar surface area (TPSA) is 87.0 Å². The first kappa shape index (κ1) is 21.5. The van der Waals surface area contributed by atoms with Crippen molar-refractivity contribution in [2.24, 2.45) is 0 Å². The van der Waals surface area contributed by atoms with E-state index in [9.17, 15) is 4.79 Å². The van der Waals surface area contributed by atoms with E-state index in [0.29, 0.717) is 33.9 Å². The molecule has 0 radical (unpaired) electrons. The van der Waals surface area contributed by atoms with Crippen molar-refractivity contribution < 1.29 is 8.83 Å². The number of fused-ring (bicyclic) bond motifs is 1. The second kappa shape index (κ2) is 9.25. The van der Waals surface area contributed by atoms with Crippen LogP contribution in [0.15, 0.2) is 79.9 Å². The smallest absolute Gasteiger partial charge is 0.336 e. The predicted molar refractivity (Wildman–Crippen MR) is 127 cm³/mol. The molecule has 7 nitrogen and oxygen atoms in total. The summed E-state index contributed by atoms with van der Waals surface area (Å²) < 4.78 is 13.0. The normalized spacial score (nSPS) is 11.3. The van der Waals surface area contributed by atoms with Crippen molar-refractivity contribution in [2.45, 2.75) is 30.8 Å². The molecular weight excluding hydrogens is 460 g/mol. The maximum absolute atomic E-state index is 12.2. The number of halogens is 1. The van der Waals surface area contributed by atoms with Crippen LogP contribution in [0.25, 0.3) is 22.4 Å². The lowest BCUT2D eigenvalue weighted by molar-refractivity contribution is 0.485. The Labute approximate surface area is 198 Å². The summed E-state index contributed by atoms with van der Waals surface area (Å²) >= 11 is 7.92. The van der Waals surface area contributed by atoms with Gasteiger partial charge in [0.25, 0.3) is 0 Å². The number of pyridine rings is 1. The minimum absolute atomic E-state index is 0.393. The van der Waals surface area contributed by atoms with Gasteiger partial charge in [-0.3, -0.25) is 9.55 Å². The molecule has 0 bridgehead atoms. The monoisotopic (exact) mass is 478 g/mol. The first-order chi connectivity index (χ1) is 16.1. The summed E-state index contributed by atoms with van der Waals surface area (Å²) in [6, 6.07) is 12.8. The minimum Gasteiger partial charge on any atom is -0.467 e. The highest BCUT2D eigenvalue weighted by atomic mass is 35.5. The maximum Gasteiger partial charge on any atom is 0.336 e. The molecule has 0 spiro atoms. The van der Waals surface area contributed by atoms with Gasteiger partial charge in [-0.1, -0.05) is 30.3 Å². The van der Waals surface area contributed by atoms with Gasteiger partial charge in [-0.15, -0.1) is 10.2 Å². The van der Waals surface area contributed by atoms with Gasteiger partial charge in [-0.05, 0) is 53.9 Å². The predicted octanol–water partition coefficient (Wildman–Crippen LogP) is 5.60. The second-order valence-electron chi connectivity index (χ2n) is 7.39. The third-order valence-corrected chi connectivity index (χ3v) is 6.63. The van der Waals surface area contributed by atoms with Crippen molar-refractivity contribution in [3.8, 4) is 11.4 Å². The number of hydrogen-bond donors (Lipinski definition) is 0. The van der Waals surface area contributed by atoms with Gasteiger partial charge >= 0.3 is 5.63 Å². The standard InChI is InChI=1S/C24H19ClN4O3S/c1-2-15-9-21-19(11-20(15)25)17(10-22(30)32-21)14-33-24-28-27-23(16-5-3-7-26-12-16)29(24)13-18-6-4-8-31-18/h3-12H,2,13-14H2,1H3.